The maximum atomic E-state index is 5.85. The molecule has 0 fully saturated rings. The summed E-state index contributed by atoms with van der Waals surface area (Å²) in [6.45, 7) is 7.22. The van der Waals surface area contributed by atoms with E-state index in [1.165, 1.54) is 0 Å². The van der Waals surface area contributed by atoms with Crippen LogP contribution in [-0.4, -0.2) is 14.8 Å². The SMILES string of the molecule is CC(C)(C)c1csc(Cn2ncc3ccc(N)cc32)n1. The molecule has 20 heavy (non-hydrogen) atoms. The van der Waals surface area contributed by atoms with Crippen molar-refractivity contribution in [2.45, 2.75) is 32.7 Å². The van der Waals surface area contributed by atoms with Crippen molar-refractivity contribution >= 4 is 27.9 Å². The Hall–Kier alpha value is -1.88. The van der Waals surface area contributed by atoms with E-state index in [2.05, 4.69) is 31.2 Å². The number of nitrogens with two attached hydrogens (primary N) is 1. The van der Waals surface area contributed by atoms with E-state index in [0.717, 1.165) is 27.3 Å². The molecule has 0 unspecified atom stereocenters. The predicted molar refractivity (Wildman–Crippen MR) is 84.1 cm³/mol. The molecule has 4 nitrogen and oxygen atoms in total. The minimum absolute atomic E-state index is 0.0887. The van der Waals surface area contributed by atoms with Crippen LogP contribution in [0.1, 0.15) is 31.5 Å². The fraction of sp³-hybridized carbons (Fsp3) is 0.333. The van der Waals surface area contributed by atoms with Gasteiger partial charge in [0.25, 0.3) is 0 Å². The maximum absolute atomic E-state index is 5.85. The number of benzene rings is 1. The summed E-state index contributed by atoms with van der Waals surface area (Å²) in [5, 5.41) is 8.74. The van der Waals surface area contributed by atoms with E-state index in [1.807, 2.05) is 29.1 Å². The molecule has 0 aliphatic rings. The fourth-order valence-corrected chi connectivity index (χ4v) is 3.07. The molecule has 2 N–H and O–H groups in total. The highest BCUT2D eigenvalue weighted by atomic mass is 32.1. The molecule has 3 rings (SSSR count). The molecule has 0 aliphatic heterocycles. The predicted octanol–water partition coefficient (Wildman–Crippen LogP) is 3.42. The Kier molecular flexibility index (Phi) is 3.01. The van der Waals surface area contributed by atoms with Gasteiger partial charge in [-0.25, -0.2) is 4.98 Å². The van der Waals surface area contributed by atoms with Crippen LogP contribution in [-0.2, 0) is 12.0 Å². The van der Waals surface area contributed by atoms with Gasteiger partial charge in [0.2, 0.25) is 0 Å². The third kappa shape index (κ3) is 2.41. The molecule has 0 aliphatic carbocycles. The minimum atomic E-state index is 0.0887. The lowest BCUT2D eigenvalue weighted by molar-refractivity contribution is 0.568. The number of aromatic nitrogens is 3. The largest absolute Gasteiger partial charge is 0.399 e. The standard InChI is InChI=1S/C15H18N4S/c1-15(2,3)13-9-20-14(18-13)8-19-12-6-11(16)5-4-10(12)7-17-19/h4-7,9H,8,16H2,1-3H3. The number of rotatable bonds is 2. The molecule has 0 bridgehead atoms. The van der Waals surface area contributed by atoms with Gasteiger partial charge >= 0.3 is 0 Å². The highest BCUT2D eigenvalue weighted by molar-refractivity contribution is 7.09. The number of fused-ring (bicyclic) bond motifs is 1. The molecular weight excluding hydrogens is 268 g/mol. The topological polar surface area (TPSA) is 56.7 Å². The van der Waals surface area contributed by atoms with E-state index in [1.54, 1.807) is 11.3 Å². The first-order chi connectivity index (χ1) is 9.43. The van der Waals surface area contributed by atoms with Crippen LogP contribution in [0.3, 0.4) is 0 Å². The molecule has 3 aromatic rings. The average molecular weight is 286 g/mol. The summed E-state index contributed by atoms with van der Waals surface area (Å²) in [7, 11) is 0. The Balaban J connectivity index is 1.93. The van der Waals surface area contributed by atoms with Gasteiger partial charge in [-0.05, 0) is 18.2 Å². The van der Waals surface area contributed by atoms with Gasteiger partial charge < -0.3 is 5.73 Å². The molecule has 0 radical (unpaired) electrons. The maximum Gasteiger partial charge on any atom is 0.114 e. The monoisotopic (exact) mass is 286 g/mol. The minimum Gasteiger partial charge on any atom is -0.399 e. The van der Waals surface area contributed by atoms with Crippen molar-refractivity contribution < 1.29 is 0 Å². The Bertz CT molecular complexity index is 749. The van der Waals surface area contributed by atoms with Gasteiger partial charge in [-0.3, -0.25) is 4.68 Å². The van der Waals surface area contributed by atoms with Gasteiger partial charge in [0.05, 0.1) is 24.0 Å². The van der Waals surface area contributed by atoms with Crippen LogP contribution in [0.25, 0.3) is 10.9 Å². The number of hydrogen-bond donors (Lipinski definition) is 1. The number of thiazole rings is 1. The normalized spacial score (nSPS) is 12.2. The first-order valence-electron chi connectivity index (χ1n) is 6.59. The first kappa shape index (κ1) is 13.1. The number of nitrogens with zero attached hydrogens (tertiary/aromatic N) is 3. The molecule has 0 amide bonds. The van der Waals surface area contributed by atoms with Crippen LogP contribution in [0.15, 0.2) is 29.8 Å². The second kappa shape index (κ2) is 4.59. The Morgan fingerprint density at radius 3 is 2.80 bits per heavy atom. The van der Waals surface area contributed by atoms with E-state index in [9.17, 15) is 0 Å². The Morgan fingerprint density at radius 2 is 2.10 bits per heavy atom. The third-order valence-corrected chi connectivity index (χ3v) is 4.11. The lowest BCUT2D eigenvalue weighted by Gasteiger charge is -2.14. The summed E-state index contributed by atoms with van der Waals surface area (Å²) in [6.07, 6.45) is 1.87. The van der Waals surface area contributed by atoms with Crippen LogP contribution in [0.2, 0.25) is 0 Å². The summed E-state index contributed by atoms with van der Waals surface area (Å²) < 4.78 is 1.96. The molecule has 0 spiro atoms. The van der Waals surface area contributed by atoms with Crippen molar-refractivity contribution in [3.05, 3.63) is 40.5 Å². The van der Waals surface area contributed by atoms with Crippen molar-refractivity contribution in [1.29, 1.82) is 0 Å². The van der Waals surface area contributed by atoms with Crippen molar-refractivity contribution in [2.75, 3.05) is 5.73 Å². The molecule has 0 atom stereocenters. The van der Waals surface area contributed by atoms with E-state index in [0.29, 0.717) is 6.54 Å². The Labute approximate surface area is 122 Å². The molecule has 5 heteroatoms. The fourth-order valence-electron chi connectivity index (χ4n) is 2.07. The van der Waals surface area contributed by atoms with E-state index in [4.69, 9.17) is 10.7 Å². The van der Waals surface area contributed by atoms with Crippen LogP contribution in [0.5, 0.6) is 0 Å². The molecule has 1 aromatic carbocycles. The van der Waals surface area contributed by atoms with Gasteiger partial charge in [-0.1, -0.05) is 20.8 Å². The first-order valence-corrected chi connectivity index (χ1v) is 7.47. The molecule has 0 saturated carbocycles. The van der Waals surface area contributed by atoms with E-state index < -0.39 is 0 Å². The number of hydrogen-bond acceptors (Lipinski definition) is 4. The zero-order valence-electron chi connectivity index (χ0n) is 11.9. The van der Waals surface area contributed by atoms with Crippen LogP contribution in [0, 0.1) is 0 Å². The van der Waals surface area contributed by atoms with Crippen LogP contribution in [0.4, 0.5) is 5.69 Å². The summed E-state index contributed by atoms with van der Waals surface area (Å²) in [4.78, 5) is 4.71. The summed E-state index contributed by atoms with van der Waals surface area (Å²) in [5.41, 5.74) is 8.89. The molecule has 2 aromatic heterocycles. The second-order valence-electron chi connectivity index (χ2n) is 6.00. The summed E-state index contributed by atoms with van der Waals surface area (Å²) in [6, 6.07) is 5.85. The van der Waals surface area contributed by atoms with E-state index in [-0.39, 0.29) is 5.41 Å². The number of anilines is 1. The molecule has 2 heterocycles. The van der Waals surface area contributed by atoms with Gasteiger partial charge in [-0.15, -0.1) is 11.3 Å². The zero-order chi connectivity index (χ0) is 14.3. The second-order valence-corrected chi connectivity index (χ2v) is 6.94. The lowest BCUT2D eigenvalue weighted by Crippen LogP contribution is -2.12. The van der Waals surface area contributed by atoms with Crippen LogP contribution >= 0.6 is 11.3 Å². The van der Waals surface area contributed by atoms with Gasteiger partial charge in [0.15, 0.2) is 0 Å². The van der Waals surface area contributed by atoms with Crippen molar-refractivity contribution in [3.63, 3.8) is 0 Å². The Morgan fingerprint density at radius 1 is 1.30 bits per heavy atom. The van der Waals surface area contributed by atoms with Crippen molar-refractivity contribution in [2.24, 2.45) is 0 Å². The summed E-state index contributed by atoms with van der Waals surface area (Å²) >= 11 is 1.68. The van der Waals surface area contributed by atoms with Crippen molar-refractivity contribution in [3.8, 4) is 0 Å². The third-order valence-electron chi connectivity index (χ3n) is 3.27. The van der Waals surface area contributed by atoms with Gasteiger partial charge in [0.1, 0.15) is 5.01 Å². The highest BCUT2D eigenvalue weighted by Gasteiger charge is 2.17. The average Bonchev–Trinajstić information content (AvgIpc) is 2.97. The lowest BCUT2D eigenvalue weighted by atomic mass is 9.93. The van der Waals surface area contributed by atoms with E-state index >= 15 is 0 Å². The summed E-state index contributed by atoms with van der Waals surface area (Å²) in [5.74, 6) is 0. The molecule has 0 saturated heterocycles. The van der Waals surface area contributed by atoms with Gasteiger partial charge in [-0.2, -0.15) is 5.10 Å². The van der Waals surface area contributed by atoms with Crippen LogP contribution < -0.4 is 5.73 Å². The zero-order valence-corrected chi connectivity index (χ0v) is 12.7. The van der Waals surface area contributed by atoms with Gasteiger partial charge in [0, 0.05) is 21.9 Å². The van der Waals surface area contributed by atoms with Crippen molar-refractivity contribution in [1.82, 2.24) is 14.8 Å². The molecule has 104 valence electrons. The highest BCUT2D eigenvalue weighted by Crippen LogP contribution is 2.25. The quantitative estimate of drug-likeness (QED) is 0.734. The smallest absolute Gasteiger partial charge is 0.114 e. The number of nitrogen functional groups attached to an aromatic ring is 1. The molecular formula is C15H18N4S.